The van der Waals surface area contributed by atoms with Gasteiger partial charge in [0.2, 0.25) is 5.91 Å². The zero-order valence-electron chi connectivity index (χ0n) is 13.7. The van der Waals surface area contributed by atoms with Crippen molar-refractivity contribution in [3.05, 3.63) is 48.5 Å². The number of benzene rings is 2. The number of hydrogen-bond acceptors (Lipinski definition) is 4. The van der Waals surface area contributed by atoms with Crippen molar-refractivity contribution in [1.82, 2.24) is 0 Å². The van der Waals surface area contributed by atoms with Gasteiger partial charge < -0.3 is 15.4 Å². The Labute approximate surface area is 147 Å². The highest BCUT2D eigenvalue weighted by Crippen LogP contribution is 2.25. The first-order valence-corrected chi connectivity index (χ1v) is 9.30. The highest BCUT2D eigenvalue weighted by atomic mass is 32.2. The third-order valence-corrected chi connectivity index (χ3v) is 5.26. The Bertz CT molecular complexity index is 682. The van der Waals surface area contributed by atoms with Crippen LogP contribution in [0.15, 0.2) is 48.5 Å². The van der Waals surface area contributed by atoms with Gasteiger partial charge in [0.05, 0.1) is 7.11 Å². The average molecular weight is 342 g/mol. The molecule has 3 rings (SSSR count). The van der Waals surface area contributed by atoms with Crippen LogP contribution in [0.25, 0.3) is 0 Å². The van der Waals surface area contributed by atoms with Crippen LogP contribution in [-0.4, -0.2) is 24.5 Å². The van der Waals surface area contributed by atoms with E-state index in [-0.39, 0.29) is 11.8 Å². The molecule has 1 aliphatic rings. The van der Waals surface area contributed by atoms with Gasteiger partial charge in [-0.25, -0.2) is 0 Å². The van der Waals surface area contributed by atoms with Crippen LogP contribution >= 0.6 is 11.8 Å². The van der Waals surface area contributed by atoms with Crippen molar-refractivity contribution in [2.75, 3.05) is 29.2 Å². The second-order valence-electron chi connectivity index (χ2n) is 5.84. The minimum Gasteiger partial charge on any atom is -0.497 e. The van der Waals surface area contributed by atoms with Gasteiger partial charge in [-0.1, -0.05) is 6.07 Å². The number of methoxy groups -OCH3 is 1. The van der Waals surface area contributed by atoms with Gasteiger partial charge in [-0.3, -0.25) is 4.79 Å². The first-order valence-electron chi connectivity index (χ1n) is 8.14. The van der Waals surface area contributed by atoms with E-state index >= 15 is 0 Å². The lowest BCUT2D eigenvalue weighted by atomic mass is 10.0. The number of carbonyl (C=O) groups is 1. The number of thioether (sulfide) groups is 1. The molecule has 1 amide bonds. The van der Waals surface area contributed by atoms with E-state index in [1.54, 1.807) is 7.11 Å². The topological polar surface area (TPSA) is 50.4 Å². The maximum Gasteiger partial charge on any atom is 0.228 e. The second-order valence-corrected chi connectivity index (χ2v) is 6.99. The Morgan fingerprint density at radius 1 is 1.12 bits per heavy atom. The molecule has 126 valence electrons. The molecule has 1 fully saturated rings. The Balaban J connectivity index is 1.59. The number of hydrogen-bond donors (Lipinski definition) is 2. The lowest BCUT2D eigenvalue weighted by molar-refractivity contribution is -0.119. The van der Waals surface area contributed by atoms with Crippen molar-refractivity contribution >= 4 is 34.7 Å². The number of anilines is 3. The van der Waals surface area contributed by atoms with Gasteiger partial charge in [-0.05, 0) is 55.0 Å². The van der Waals surface area contributed by atoms with Gasteiger partial charge in [0.25, 0.3) is 0 Å². The Morgan fingerprint density at radius 2 is 1.92 bits per heavy atom. The number of ether oxygens (including phenoxy) is 1. The van der Waals surface area contributed by atoms with E-state index in [0.717, 1.165) is 41.4 Å². The monoisotopic (exact) mass is 342 g/mol. The van der Waals surface area contributed by atoms with Gasteiger partial charge in [-0.15, -0.1) is 0 Å². The molecule has 5 heteroatoms. The molecule has 2 N–H and O–H groups in total. The molecular weight excluding hydrogens is 320 g/mol. The molecule has 2 aromatic carbocycles. The lowest BCUT2D eigenvalue weighted by Crippen LogP contribution is -2.27. The smallest absolute Gasteiger partial charge is 0.228 e. The van der Waals surface area contributed by atoms with Crippen LogP contribution in [0.4, 0.5) is 17.1 Å². The summed E-state index contributed by atoms with van der Waals surface area (Å²) in [4.78, 5) is 12.3. The fraction of sp³-hybridized carbons (Fsp3) is 0.316. The largest absolute Gasteiger partial charge is 0.497 e. The van der Waals surface area contributed by atoms with Crippen LogP contribution in [-0.2, 0) is 4.79 Å². The number of nitrogens with one attached hydrogen (secondary N) is 2. The van der Waals surface area contributed by atoms with Crippen molar-refractivity contribution in [1.29, 1.82) is 0 Å². The van der Waals surface area contributed by atoms with Gasteiger partial charge >= 0.3 is 0 Å². The van der Waals surface area contributed by atoms with Gasteiger partial charge in [0.15, 0.2) is 0 Å². The van der Waals surface area contributed by atoms with Gasteiger partial charge in [0, 0.05) is 34.8 Å². The minimum atomic E-state index is 0.135. The molecule has 1 heterocycles. The number of carbonyl (C=O) groups excluding carboxylic acids is 1. The molecule has 2 aromatic rings. The fourth-order valence-electron chi connectivity index (χ4n) is 2.70. The lowest BCUT2D eigenvalue weighted by Gasteiger charge is -2.20. The van der Waals surface area contributed by atoms with Crippen LogP contribution < -0.4 is 15.4 Å². The molecule has 0 bridgehead atoms. The van der Waals surface area contributed by atoms with Crippen molar-refractivity contribution in [3.8, 4) is 5.75 Å². The molecule has 24 heavy (non-hydrogen) atoms. The highest BCUT2D eigenvalue weighted by Gasteiger charge is 2.21. The summed E-state index contributed by atoms with van der Waals surface area (Å²) in [5, 5.41) is 6.35. The van der Waals surface area contributed by atoms with E-state index in [0.29, 0.717) is 0 Å². The zero-order chi connectivity index (χ0) is 16.8. The first kappa shape index (κ1) is 16.7. The molecule has 1 atom stereocenters. The normalized spacial score (nSPS) is 17.1. The van der Waals surface area contributed by atoms with E-state index in [1.165, 1.54) is 5.75 Å². The molecule has 0 aromatic heterocycles. The number of rotatable bonds is 5. The molecule has 0 spiro atoms. The summed E-state index contributed by atoms with van der Waals surface area (Å²) in [6.07, 6.45) is 2.13. The van der Waals surface area contributed by atoms with E-state index in [1.807, 2.05) is 60.3 Å². The summed E-state index contributed by atoms with van der Waals surface area (Å²) in [6.45, 7) is 0. The van der Waals surface area contributed by atoms with Crippen molar-refractivity contribution in [2.24, 2.45) is 5.92 Å². The SMILES string of the molecule is COc1cccc(Nc2ccc(NC(=O)C3CCCSC3)cc2)c1. The highest BCUT2D eigenvalue weighted by molar-refractivity contribution is 7.99. The van der Waals surface area contributed by atoms with Gasteiger partial charge in [-0.2, -0.15) is 11.8 Å². The minimum absolute atomic E-state index is 0.135. The Hall–Kier alpha value is -2.14. The van der Waals surface area contributed by atoms with E-state index in [2.05, 4.69) is 10.6 Å². The summed E-state index contributed by atoms with van der Waals surface area (Å²) in [7, 11) is 1.65. The van der Waals surface area contributed by atoms with E-state index in [4.69, 9.17) is 4.74 Å². The third kappa shape index (κ3) is 4.45. The van der Waals surface area contributed by atoms with Crippen molar-refractivity contribution < 1.29 is 9.53 Å². The molecule has 0 saturated carbocycles. The predicted octanol–water partition coefficient (Wildman–Crippen LogP) is 4.52. The Morgan fingerprint density at radius 3 is 2.62 bits per heavy atom. The Kier molecular flexibility index (Phi) is 5.64. The summed E-state index contributed by atoms with van der Waals surface area (Å²) in [5.41, 5.74) is 2.77. The third-order valence-electron chi connectivity index (χ3n) is 4.04. The number of amides is 1. The van der Waals surface area contributed by atoms with Crippen LogP contribution in [0.2, 0.25) is 0 Å². The predicted molar refractivity (Wildman–Crippen MR) is 101 cm³/mol. The van der Waals surface area contributed by atoms with Crippen LogP contribution in [0.3, 0.4) is 0 Å². The fourth-order valence-corrected chi connectivity index (χ4v) is 3.84. The quantitative estimate of drug-likeness (QED) is 0.839. The molecule has 4 nitrogen and oxygen atoms in total. The second kappa shape index (κ2) is 8.11. The first-order chi connectivity index (χ1) is 11.7. The maximum absolute atomic E-state index is 12.3. The summed E-state index contributed by atoms with van der Waals surface area (Å²) >= 11 is 1.87. The summed E-state index contributed by atoms with van der Waals surface area (Å²) < 4.78 is 5.22. The average Bonchev–Trinajstić information content (AvgIpc) is 2.64. The van der Waals surface area contributed by atoms with Crippen molar-refractivity contribution in [2.45, 2.75) is 12.8 Å². The molecule has 0 radical (unpaired) electrons. The molecule has 1 saturated heterocycles. The van der Waals surface area contributed by atoms with Gasteiger partial charge in [0.1, 0.15) is 5.75 Å². The standard InChI is InChI=1S/C19H22N2O2S/c1-23-18-6-2-5-17(12-18)20-15-7-9-16(10-8-15)21-19(22)14-4-3-11-24-13-14/h2,5-10,12,14,20H,3-4,11,13H2,1H3,(H,21,22). The van der Waals surface area contributed by atoms with E-state index in [9.17, 15) is 4.79 Å². The molecule has 1 aliphatic heterocycles. The van der Waals surface area contributed by atoms with Crippen LogP contribution in [0, 0.1) is 5.92 Å². The summed E-state index contributed by atoms with van der Waals surface area (Å²) in [5.74, 6) is 3.19. The summed E-state index contributed by atoms with van der Waals surface area (Å²) in [6, 6.07) is 15.6. The molecule has 1 unspecified atom stereocenters. The van der Waals surface area contributed by atoms with Crippen molar-refractivity contribution in [3.63, 3.8) is 0 Å². The van der Waals surface area contributed by atoms with Crippen LogP contribution in [0.1, 0.15) is 12.8 Å². The zero-order valence-corrected chi connectivity index (χ0v) is 14.6. The van der Waals surface area contributed by atoms with E-state index < -0.39 is 0 Å². The molecule has 0 aliphatic carbocycles. The maximum atomic E-state index is 12.3. The van der Waals surface area contributed by atoms with Crippen LogP contribution in [0.5, 0.6) is 5.75 Å². The molecular formula is C19H22N2O2S.